The third kappa shape index (κ3) is 2.25. The van der Waals surface area contributed by atoms with Crippen LogP contribution in [-0.2, 0) is 7.05 Å². The molecule has 4 rings (SSSR count). The fourth-order valence-electron chi connectivity index (χ4n) is 2.58. The first-order valence-electron chi connectivity index (χ1n) is 6.94. The molecule has 1 saturated heterocycles. The summed E-state index contributed by atoms with van der Waals surface area (Å²) in [5, 5.41) is 26.4. The monoisotopic (exact) mass is 301 g/mol. The summed E-state index contributed by atoms with van der Waals surface area (Å²) in [6.45, 7) is 1.02. The average Bonchev–Trinajstić information content (AvgIpc) is 3.20. The largest absolute Gasteiger partial charge is 0.482 e. The molecule has 0 radical (unpaired) electrons. The van der Waals surface area contributed by atoms with Crippen molar-refractivity contribution < 1.29 is 9.84 Å². The Kier molecular flexibility index (Phi) is 2.93. The minimum Gasteiger partial charge on any atom is -0.482 e. The van der Waals surface area contributed by atoms with E-state index in [9.17, 15) is 5.11 Å². The molecule has 0 aromatic carbocycles. The highest BCUT2D eigenvalue weighted by molar-refractivity contribution is 5.46. The van der Waals surface area contributed by atoms with Crippen LogP contribution < -0.4 is 9.64 Å². The molecular formula is C13H15N7O2. The second kappa shape index (κ2) is 4.95. The Labute approximate surface area is 125 Å². The number of aryl methyl sites for hydroxylation is 1. The molecule has 1 fully saturated rings. The first kappa shape index (κ1) is 13.0. The number of ether oxygens (including phenoxy) is 1. The highest BCUT2D eigenvalue weighted by Crippen LogP contribution is 2.22. The van der Waals surface area contributed by atoms with Crippen LogP contribution in [0.3, 0.4) is 0 Å². The number of rotatable bonds is 3. The Morgan fingerprint density at radius 3 is 3.05 bits per heavy atom. The summed E-state index contributed by atoms with van der Waals surface area (Å²) in [6.07, 6.45) is 4.06. The zero-order chi connectivity index (χ0) is 15.1. The lowest BCUT2D eigenvalue weighted by Crippen LogP contribution is -2.29. The minimum atomic E-state index is -0.585. The lowest BCUT2D eigenvalue weighted by molar-refractivity contribution is 0.0737. The standard InChI is InChI=1S/C13H15N7O2/c1-18-5-9(4-15-18)22-11-7-19(6-10(11)21)13-3-2-12-16-14-8-20(12)17-13/h2-5,8,10-11,21H,6-7H2,1H3/t10-,11-/m1/s1. The third-order valence-corrected chi connectivity index (χ3v) is 3.68. The summed E-state index contributed by atoms with van der Waals surface area (Å²) < 4.78 is 9.07. The Balaban J connectivity index is 1.52. The van der Waals surface area contributed by atoms with Gasteiger partial charge in [-0.3, -0.25) is 4.68 Å². The van der Waals surface area contributed by atoms with Crippen molar-refractivity contribution >= 4 is 11.5 Å². The van der Waals surface area contributed by atoms with Crippen molar-refractivity contribution in [3.8, 4) is 5.75 Å². The molecule has 1 N–H and O–H groups in total. The van der Waals surface area contributed by atoms with E-state index in [-0.39, 0.29) is 6.10 Å². The number of aliphatic hydroxyl groups excluding tert-OH is 1. The SMILES string of the molecule is Cn1cc(O[C@@H]2CN(c3ccc4nncn4n3)C[C@H]2O)cn1. The summed E-state index contributed by atoms with van der Waals surface area (Å²) in [4.78, 5) is 1.98. The zero-order valence-electron chi connectivity index (χ0n) is 11.9. The van der Waals surface area contributed by atoms with E-state index >= 15 is 0 Å². The molecule has 0 aliphatic carbocycles. The van der Waals surface area contributed by atoms with E-state index in [1.807, 2.05) is 24.1 Å². The van der Waals surface area contributed by atoms with Crippen LogP contribution in [0.5, 0.6) is 5.75 Å². The number of anilines is 1. The van der Waals surface area contributed by atoms with Crippen molar-refractivity contribution in [1.29, 1.82) is 0 Å². The Morgan fingerprint density at radius 1 is 1.32 bits per heavy atom. The van der Waals surface area contributed by atoms with Crippen LogP contribution in [0.2, 0.25) is 0 Å². The Morgan fingerprint density at radius 2 is 2.23 bits per heavy atom. The van der Waals surface area contributed by atoms with Crippen LogP contribution in [0.1, 0.15) is 0 Å². The molecule has 0 saturated carbocycles. The summed E-state index contributed by atoms with van der Waals surface area (Å²) in [5.74, 6) is 1.40. The van der Waals surface area contributed by atoms with Gasteiger partial charge in [-0.15, -0.1) is 15.3 Å². The molecule has 4 heterocycles. The quantitative estimate of drug-likeness (QED) is 0.696. The summed E-state index contributed by atoms with van der Waals surface area (Å²) in [7, 11) is 1.82. The Bertz CT molecular complexity index is 798. The topological polar surface area (TPSA) is 93.6 Å². The number of aliphatic hydroxyl groups is 1. The van der Waals surface area contributed by atoms with Crippen molar-refractivity contribution in [3.05, 3.63) is 30.9 Å². The first-order chi connectivity index (χ1) is 10.7. The second-order valence-electron chi connectivity index (χ2n) is 5.30. The van der Waals surface area contributed by atoms with Gasteiger partial charge in [0.2, 0.25) is 0 Å². The molecule has 1 aliphatic rings. The first-order valence-corrected chi connectivity index (χ1v) is 6.94. The van der Waals surface area contributed by atoms with E-state index < -0.39 is 6.10 Å². The summed E-state index contributed by atoms with van der Waals surface area (Å²) in [6, 6.07) is 3.71. The van der Waals surface area contributed by atoms with Gasteiger partial charge in [0.15, 0.2) is 11.4 Å². The maximum atomic E-state index is 10.2. The Hall–Kier alpha value is -2.68. The molecule has 9 nitrogen and oxygen atoms in total. The molecule has 1 aliphatic heterocycles. The number of aromatic nitrogens is 6. The normalized spacial score (nSPS) is 21.6. The van der Waals surface area contributed by atoms with E-state index in [4.69, 9.17) is 4.74 Å². The van der Waals surface area contributed by atoms with Gasteiger partial charge < -0.3 is 14.7 Å². The van der Waals surface area contributed by atoms with Crippen LogP contribution in [0, 0.1) is 0 Å². The van der Waals surface area contributed by atoms with Crippen LogP contribution in [0.15, 0.2) is 30.9 Å². The number of hydrogen-bond donors (Lipinski definition) is 1. The highest BCUT2D eigenvalue weighted by Gasteiger charge is 2.34. The number of fused-ring (bicyclic) bond motifs is 1. The maximum Gasteiger partial charge on any atom is 0.177 e. The van der Waals surface area contributed by atoms with Gasteiger partial charge in [0.25, 0.3) is 0 Å². The van der Waals surface area contributed by atoms with E-state index in [2.05, 4.69) is 20.4 Å². The maximum absolute atomic E-state index is 10.2. The average molecular weight is 301 g/mol. The lowest BCUT2D eigenvalue weighted by Gasteiger charge is -2.16. The van der Waals surface area contributed by atoms with Gasteiger partial charge in [-0.05, 0) is 12.1 Å². The van der Waals surface area contributed by atoms with Crippen LogP contribution in [0.25, 0.3) is 5.65 Å². The minimum absolute atomic E-state index is 0.317. The predicted octanol–water partition coefficient (Wildman–Crippen LogP) is -0.514. The molecule has 0 bridgehead atoms. The molecule has 0 unspecified atom stereocenters. The fourth-order valence-corrected chi connectivity index (χ4v) is 2.58. The summed E-state index contributed by atoms with van der Waals surface area (Å²) in [5.41, 5.74) is 0.687. The molecule has 114 valence electrons. The molecule has 3 aromatic heterocycles. The third-order valence-electron chi connectivity index (χ3n) is 3.68. The number of nitrogens with zero attached hydrogens (tertiary/aromatic N) is 7. The number of β-amino-alcohol motifs (C(OH)–C–C–N with tert-alkyl or cyclic N) is 1. The second-order valence-corrected chi connectivity index (χ2v) is 5.30. The van der Waals surface area contributed by atoms with E-state index in [0.29, 0.717) is 24.5 Å². The van der Waals surface area contributed by atoms with Gasteiger partial charge in [0, 0.05) is 13.6 Å². The lowest BCUT2D eigenvalue weighted by atomic mass is 10.3. The van der Waals surface area contributed by atoms with Crippen molar-refractivity contribution in [3.63, 3.8) is 0 Å². The smallest absolute Gasteiger partial charge is 0.177 e. The van der Waals surface area contributed by atoms with Crippen molar-refractivity contribution in [1.82, 2.24) is 29.6 Å². The van der Waals surface area contributed by atoms with Gasteiger partial charge in [0.1, 0.15) is 24.4 Å². The van der Waals surface area contributed by atoms with E-state index in [0.717, 1.165) is 5.82 Å². The van der Waals surface area contributed by atoms with Crippen LogP contribution >= 0.6 is 0 Å². The zero-order valence-corrected chi connectivity index (χ0v) is 11.9. The van der Waals surface area contributed by atoms with E-state index in [1.54, 1.807) is 27.9 Å². The van der Waals surface area contributed by atoms with Gasteiger partial charge in [-0.25, -0.2) is 0 Å². The fraction of sp³-hybridized carbons (Fsp3) is 0.385. The van der Waals surface area contributed by atoms with Gasteiger partial charge in [-0.2, -0.15) is 9.61 Å². The molecule has 9 heteroatoms. The van der Waals surface area contributed by atoms with Crippen LogP contribution in [0.4, 0.5) is 5.82 Å². The molecule has 3 aromatic rings. The molecule has 0 spiro atoms. The summed E-state index contributed by atoms with van der Waals surface area (Å²) >= 11 is 0. The number of hydrogen-bond acceptors (Lipinski definition) is 7. The molecule has 0 amide bonds. The van der Waals surface area contributed by atoms with E-state index in [1.165, 1.54) is 0 Å². The molecule has 22 heavy (non-hydrogen) atoms. The van der Waals surface area contributed by atoms with Gasteiger partial charge >= 0.3 is 0 Å². The predicted molar refractivity (Wildman–Crippen MR) is 76.6 cm³/mol. The molecular weight excluding hydrogens is 286 g/mol. The molecule has 2 atom stereocenters. The van der Waals surface area contributed by atoms with Gasteiger partial charge in [0.05, 0.1) is 18.9 Å². The highest BCUT2D eigenvalue weighted by atomic mass is 16.5. The van der Waals surface area contributed by atoms with Crippen LogP contribution in [-0.4, -0.2) is 60.0 Å². The van der Waals surface area contributed by atoms with Crippen molar-refractivity contribution in [2.45, 2.75) is 12.2 Å². The van der Waals surface area contributed by atoms with Crippen molar-refractivity contribution in [2.75, 3.05) is 18.0 Å². The van der Waals surface area contributed by atoms with Gasteiger partial charge in [-0.1, -0.05) is 0 Å². The van der Waals surface area contributed by atoms with Crippen molar-refractivity contribution in [2.24, 2.45) is 7.05 Å².